The maximum Gasteiger partial charge on any atom is 0.573 e. The molecule has 3 aromatic rings. The lowest BCUT2D eigenvalue weighted by molar-refractivity contribution is -0.274. The molecule has 2 aromatic carbocycles. The molecule has 0 saturated heterocycles. The Morgan fingerprint density at radius 3 is 2.32 bits per heavy atom. The molecule has 3 nitrogen and oxygen atoms in total. The molecule has 28 heavy (non-hydrogen) atoms. The van der Waals surface area contributed by atoms with E-state index >= 15 is 0 Å². The van der Waals surface area contributed by atoms with E-state index in [1.165, 1.54) is 23.3 Å². The van der Waals surface area contributed by atoms with E-state index in [0.29, 0.717) is 5.75 Å². The Labute approximate surface area is 164 Å². The van der Waals surface area contributed by atoms with Crippen LogP contribution in [0.15, 0.2) is 54.6 Å². The largest absolute Gasteiger partial charge is 0.573 e. The van der Waals surface area contributed by atoms with Crippen LogP contribution in [0.3, 0.4) is 0 Å². The second-order valence-corrected chi connectivity index (χ2v) is 7.71. The van der Waals surface area contributed by atoms with E-state index in [9.17, 15) is 18.3 Å². The lowest BCUT2D eigenvalue weighted by atomic mass is 10.0. The number of rotatable bonds is 3. The summed E-state index contributed by atoms with van der Waals surface area (Å²) in [7, 11) is 0. The van der Waals surface area contributed by atoms with Gasteiger partial charge in [0.15, 0.2) is 0 Å². The highest BCUT2D eigenvalue weighted by Crippen LogP contribution is 2.36. The number of hydrogen-bond donors (Lipinski definition) is 1. The third kappa shape index (κ3) is 4.25. The summed E-state index contributed by atoms with van der Waals surface area (Å²) in [5.41, 5.74) is 3.30. The first-order chi connectivity index (χ1) is 13.4. The number of phenolic OH excluding ortho intramolecular Hbond substituents is 1. The summed E-state index contributed by atoms with van der Waals surface area (Å²) >= 11 is 1.62. The number of aromatic hydroxyl groups is 1. The number of hydrogen-bond acceptors (Lipinski definition) is 4. The fourth-order valence-corrected chi connectivity index (χ4v) is 4.47. The molecule has 2 heterocycles. The molecule has 0 fully saturated rings. The number of benzene rings is 2. The molecule has 4 rings (SSSR count). The van der Waals surface area contributed by atoms with E-state index in [-0.39, 0.29) is 5.75 Å². The Hall–Kier alpha value is -2.67. The van der Waals surface area contributed by atoms with Crippen LogP contribution in [0.5, 0.6) is 11.5 Å². The quantitative estimate of drug-likeness (QED) is 0.614. The minimum atomic E-state index is -4.68. The van der Waals surface area contributed by atoms with Crippen LogP contribution in [0.25, 0.3) is 10.4 Å². The average molecular weight is 405 g/mol. The third-order valence-electron chi connectivity index (χ3n) is 4.77. The molecule has 0 atom stereocenters. The van der Waals surface area contributed by atoms with Gasteiger partial charge in [-0.2, -0.15) is 0 Å². The average Bonchev–Trinajstić information content (AvgIpc) is 3.03. The predicted molar refractivity (Wildman–Crippen MR) is 104 cm³/mol. The van der Waals surface area contributed by atoms with E-state index in [1.807, 2.05) is 24.3 Å². The Morgan fingerprint density at radius 2 is 1.61 bits per heavy atom. The molecule has 0 saturated carbocycles. The first-order valence-corrected chi connectivity index (χ1v) is 9.71. The third-order valence-corrected chi connectivity index (χ3v) is 5.96. The first kappa shape index (κ1) is 18.7. The van der Waals surface area contributed by atoms with Crippen molar-refractivity contribution in [1.82, 2.24) is 0 Å². The molecular formula is C21H18F3NO2S. The zero-order valence-electron chi connectivity index (χ0n) is 14.9. The second kappa shape index (κ2) is 7.39. The number of nitrogens with zero attached hydrogens (tertiary/aromatic N) is 1. The van der Waals surface area contributed by atoms with Crippen LogP contribution in [0, 0.1) is 0 Å². The maximum atomic E-state index is 12.3. The van der Waals surface area contributed by atoms with E-state index in [0.717, 1.165) is 41.4 Å². The standard InChI is InChI=1S/C21H18F3NO2S/c22-21(23,24)27-18-5-2-15(3-6-18)19-7-8-20(28-19)25-11-9-14-1-4-17(26)13-16(14)10-12-25/h1-8,13,26H,9-12H2. The highest BCUT2D eigenvalue weighted by molar-refractivity contribution is 7.19. The molecule has 0 unspecified atom stereocenters. The van der Waals surface area contributed by atoms with Crippen LogP contribution >= 0.6 is 11.3 Å². The molecule has 1 N–H and O–H groups in total. The Balaban J connectivity index is 1.47. The van der Waals surface area contributed by atoms with Crippen molar-refractivity contribution in [2.24, 2.45) is 0 Å². The van der Waals surface area contributed by atoms with Gasteiger partial charge in [-0.05, 0) is 78.1 Å². The van der Waals surface area contributed by atoms with Gasteiger partial charge in [-0.3, -0.25) is 0 Å². The summed E-state index contributed by atoms with van der Waals surface area (Å²) in [4.78, 5) is 3.31. The molecule has 0 radical (unpaired) electrons. The van der Waals surface area contributed by atoms with E-state index < -0.39 is 6.36 Å². The van der Waals surface area contributed by atoms with Gasteiger partial charge in [0.1, 0.15) is 11.5 Å². The number of thiophene rings is 1. The van der Waals surface area contributed by atoms with Crippen LogP contribution in [0.1, 0.15) is 11.1 Å². The van der Waals surface area contributed by atoms with Gasteiger partial charge in [0.25, 0.3) is 0 Å². The molecule has 1 aromatic heterocycles. The zero-order chi connectivity index (χ0) is 19.7. The van der Waals surface area contributed by atoms with Crippen molar-refractivity contribution in [3.8, 4) is 21.9 Å². The molecule has 7 heteroatoms. The maximum absolute atomic E-state index is 12.3. The number of alkyl halides is 3. The molecule has 0 spiro atoms. The summed E-state index contributed by atoms with van der Waals surface area (Å²) in [5, 5.41) is 10.8. The van der Waals surface area contributed by atoms with Crippen LogP contribution in [-0.4, -0.2) is 24.6 Å². The number of halogens is 3. The number of ether oxygens (including phenoxy) is 1. The molecular weight excluding hydrogens is 387 g/mol. The number of anilines is 1. The normalized spacial score (nSPS) is 14.5. The fraction of sp³-hybridized carbons (Fsp3) is 0.238. The summed E-state index contributed by atoms with van der Waals surface area (Å²) in [6, 6.07) is 15.5. The highest BCUT2D eigenvalue weighted by atomic mass is 32.1. The van der Waals surface area contributed by atoms with Crippen molar-refractivity contribution < 1.29 is 23.0 Å². The topological polar surface area (TPSA) is 32.7 Å². The van der Waals surface area contributed by atoms with E-state index in [2.05, 4.69) is 9.64 Å². The fourth-order valence-electron chi connectivity index (χ4n) is 3.41. The summed E-state index contributed by atoms with van der Waals surface area (Å²) in [6.07, 6.45) is -2.91. The number of phenols is 1. The van der Waals surface area contributed by atoms with Gasteiger partial charge in [-0.1, -0.05) is 6.07 Å². The van der Waals surface area contributed by atoms with Gasteiger partial charge in [-0.15, -0.1) is 24.5 Å². The van der Waals surface area contributed by atoms with Crippen molar-refractivity contribution in [3.63, 3.8) is 0 Å². The molecule has 1 aliphatic rings. The zero-order valence-corrected chi connectivity index (χ0v) is 15.7. The lowest BCUT2D eigenvalue weighted by Crippen LogP contribution is -2.24. The first-order valence-electron chi connectivity index (χ1n) is 8.89. The van der Waals surface area contributed by atoms with Crippen LogP contribution < -0.4 is 9.64 Å². The summed E-state index contributed by atoms with van der Waals surface area (Å²) in [5.74, 6) is 0.0742. The van der Waals surface area contributed by atoms with Gasteiger partial charge in [-0.25, -0.2) is 0 Å². The van der Waals surface area contributed by atoms with Gasteiger partial charge < -0.3 is 14.7 Å². The SMILES string of the molecule is Oc1ccc2c(c1)CCN(c1ccc(-c3ccc(OC(F)(F)F)cc3)s1)CC2. The summed E-state index contributed by atoms with van der Waals surface area (Å²) in [6.45, 7) is 1.74. The molecule has 0 bridgehead atoms. The molecule has 0 aliphatic carbocycles. The van der Waals surface area contributed by atoms with Crippen LogP contribution in [-0.2, 0) is 12.8 Å². The van der Waals surface area contributed by atoms with E-state index in [4.69, 9.17) is 0 Å². The number of fused-ring (bicyclic) bond motifs is 1. The van der Waals surface area contributed by atoms with Crippen molar-refractivity contribution >= 4 is 16.3 Å². The monoisotopic (exact) mass is 405 g/mol. The van der Waals surface area contributed by atoms with Gasteiger partial charge in [0.2, 0.25) is 0 Å². The summed E-state index contributed by atoms with van der Waals surface area (Å²) < 4.78 is 40.8. The predicted octanol–water partition coefficient (Wildman–Crippen LogP) is 5.62. The van der Waals surface area contributed by atoms with Crippen molar-refractivity contribution in [1.29, 1.82) is 0 Å². The Morgan fingerprint density at radius 1 is 0.893 bits per heavy atom. The minimum absolute atomic E-state index is 0.221. The molecule has 1 aliphatic heterocycles. The van der Waals surface area contributed by atoms with Crippen molar-refractivity contribution in [3.05, 3.63) is 65.7 Å². The van der Waals surface area contributed by atoms with Crippen LogP contribution in [0.4, 0.5) is 18.2 Å². The van der Waals surface area contributed by atoms with Gasteiger partial charge in [0, 0.05) is 18.0 Å². The smallest absolute Gasteiger partial charge is 0.508 e. The lowest BCUT2D eigenvalue weighted by Gasteiger charge is -2.20. The van der Waals surface area contributed by atoms with Crippen LogP contribution in [0.2, 0.25) is 0 Å². The molecule has 146 valence electrons. The minimum Gasteiger partial charge on any atom is -0.508 e. The Bertz CT molecular complexity index is 967. The van der Waals surface area contributed by atoms with Crippen molar-refractivity contribution in [2.45, 2.75) is 19.2 Å². The van der Waals surface area contributed by atoms with Gasteiger partial charge in [0.05, 0.1) is 5.00 Å². The molecule has 0 amide bonds. The van der Waals surface area contributed by atoms with E-state index in [1.54, 1.807) is 29.5 Å². The van der Waals surface area contributed by atoms with Crippen molar-refractivity contribution in [2.75, 3.05) is 18.0 Å². The Kier molecular flexibility index (Phi) is 4.93. The second-order valence-electron chi connectivity index (χ2n) is 6.65. The van der Waals surface area contributed by atoms with Gasteiger partial charge >= 0.3 is 6.36 Å². The highest BCUT2D eigenvalue weighted by Gasteiger charge is 2.31.